The lowest BCUT2D eigenvalue weighted by Gasteiger charge is -2.12. The van der Waals surface area contributed by atoms with Gasteiger partial charge in [0.15, 0.2) is 0 Å². The number of aromatic nitrogens is 3. The van der Waals surface area contributed by atoms with Gasteiger partial charge < -0.3 is 10.1 Å². The molecule has 0 aliphatic rings. The number of nitrogens with one attached hydrogen (secondary N) is 1. The van der Waals surface area contributed by atoms with Gasteiger partial charge in [0.1, 0.15) is 17.4 Å². The predicted octanol–water partition coefficient (Wildman–Crippen LogP) is 4.90. The van der Waals surface area contributed by atoms with Gasteiger partial charge in [-0.05, 0) is 67.4 Å². The second kappa shape index (κ2) is 10.0. The minimum absolute atomic E-state index is 0.127. The molecule has 1 amide bonds. The quantitative estimate of drug-likeness (QED) is 0.417. The molecule has 4 rings (SSSR count). The molecule has 0 aliphatic heterocycles. The van der Waals surface area contributed by atoms with E-state index in [2.05, 4.69) is 15.4 Å². The van der Waals surface area contributed by atoms with E-state index in [1.807, 2.05) is 19.1 Å². The Kier molecular flexibility index (Phi) is 6.73. The minimum Gasteiger partial charge on any atom is -0.439 e. The van der Waals surface area contributed by atoms with Crippen molar-refractivity contribution < 1.29 is 18.3 Å². The molecule has 0 radical (unpaired) electrons. The maximum absolute atomic E-state index is 13.7. The predicted molar refractivity (Wildman–Crippen MR) is 119 cm³/mol. The van der Waals surface area contributed by atoms with E-state index in [-0.39, 0.29) is 18.1 Å². The summed E-state index contributed by atoms with van der Waals surface area (Å²) in [6, 6.07) is 15.2. The molecule has 0 spiro atoms. The summed E-state index contributed by atoms with van der Waals surface area (Å²) in [5.41, 5.74) is 2.91. The molecule has 0 saturated carbocycles. The van der Waals surface area contributed by atoms with Crippen molar-refractivity contribution in [2.45, 2.75) is 26.3 Å². The van der Waals surface area contributed by atoms with Gasteiger partial charge in [0.25, 0.3) is 0 Å². The zero-order valence-electron chi connectivity index (χ0n) is 18.0. The number of amides is 1. The summed E-state index contributed by atoms with van der Waals surface area (Å²) >= 11 is 0. The van der Waals surface area contributed by atoms with Gasteiger partial charge in [0, 0.05) is 37.0 Å². The third kappa shape index (κ3) is 5.60. The van der Waals surface area contributed by atoms with Crippen molar-refractivity contribution in [2.24, 2.45) is 0 Å². The summed E-state index contributed by atoms with van der Waals surface area (Å²) in [6.07, 6.45) is 3.91. The van der Waals surface area contributed by atoms with Crippen LogP contribution in [0.4, 0.5) is 8.78 Å². The standard InChI is InChI=1S/C25H22F2N4O2/c1-17-23(9-10-24(32)29-16-18-11-13-28-14-12-18)25(33-22-4-2-3-20(27)15-22)31(30-17)21-7-5-19(26)6-8-21/h2-8,11-15H,9-10,16H2,1H3,(H,29,32). The van der Waals surface area contributed by atoms with Crippen LogP contribution in [0, 0.1) is 18.6 Å². The highest BCUT2D eigenvalue weighted by molar-refractivity contribution is 5.76. The minimum atomic E-state index is -0.436. The second-order valence-electron chi connectivity index (χ2n) is 7.45. The lowest BCUT2D eigenvalue weighted by molar-refractivity contribution is -0.121. The van der Waals surface area contributed by atoms with Gasteiger partial charge in [-0.3, -0.25) is 9.78 Å². The Balaban J connectivity index is 1.56. The van der Waals surface area contributed by atoms with E-state index >= 15 is 0 Å². The molecule has 0 atom stereocenters. The highest BCUT2D eigenvalue weighted by atomic mass is 19.1. The van der Waals surface area contributed by atoms with Crippen molar-refractivity contribution in [1.29, 1.82) is 0 Å². The molecule has 2 heterocycles. The van der Waals surface area contributed by atoms with Gasteiger partial charge in [-0.2, -0.15) is 5.10 Å². The lowest BCUT2D eigenvalue weighted by Crippen LogP contribution is -2.23. The van der Waals surface area contributed by atoms with Crippen LogP contribution in [0.5, 0.6) is 11.6 Å². The molecule has 2 aromatic carbocycles. The number of carbonyl (C=O) groups excluding carboxylic acids is 1. The first-order chi connectivity index (χ1) is 16.0. The molecule has 0 unspecified atom stereocenters. The van der Waals surface area contributed by atoms with Crippen LogP contribution in [0.3, 0.4) is 0 Å². The lowest BCUT2D eigenvalue weighted by atomic mass is 10.1. The Morgan fingerprint density at radius 3 is 2.52 bits per heavy atom. The normalized spacial score (nSPS) is 10.8. The van der Waals surface area contributed by atoms with Crippen LogP contribution in [0.15, 0.2) is 73.1 Å². The van der Waals surface area contributed by atoms with Gasteiger partial charge in [0.2, 0.25) is 11.8 Å². The third-order valence-corrected chi connectivity index (χ3v) is 5.06. The summed E-state index contributed by atoms with van der Waals surface area (Å²) in [7, 11) is 0. The van der Waals surface area contributed by atoms with Crippen molar-refractivity contribution in [1.82, 2.24) is 20.1 Å². The Morgan fingerprint density at radius 2 is 1.79 bits per heavy atom. The second-order valence-corrected chi connectivity index (χ2v) is 7.45. The molecule has 168 valence electrons. The summed E-state index contributed by atoms with van der Waals surface area (Å²) in [5.74, 6) is -0.291. The van der Waals surface area contributed by atoms with Crippen molar-refractivity contribution in [3.8, 4) is 17.3 Å². The molecule has 0 fully saturated rings. The maximum Gasteiger partial charge on any atom is 0.226 e. The van der Waals surface area contributed by atoms with Crippen LogP contribution in [0.25, 0.3) is 5.69 Å². The van der Waals surface area contributed by atoms with Crippen LogP contribution in [-0.4, -0.2) is 20.7 Å². The number of hydrogen-bond acceptors (Lipinski definition) is 4. The number of hydrogen-bond donors (Lipinski definition) is 1. The molecule has 4 aromatic rings. The van der Waals surface area contributed by atoms with E-state index in [0.29, 0.717) is 41.5 Å². The van der Waals surface area contributed by atoms with Gasteiger partial charge in [-0.1, -0.05) is 6.07 Å². The molecular formula is C25H22F2N4O2. The molecule has 0 saturated heterocycles. The van der Waals surface area contributed by atoms with Crippen LogP contribution in [-0.2, 0) is 17.8 Å². The first kappa shape index (κ1) is 22.1. The van der Waals surface area contributed by atoms with Crippen LogP contribution < -0.4 is 10.1 Å². The molecule has 33 heavy (non-hydrogen) atoms. The summed E-state index contributed by atoms with van der Waals surface area (Å²) in [4.78, 5) is 16.4. The largest absolute Gasteiger partial charge is 0.439 e. The number of rotatable bonds is 8. The summed E-state index contributed by atoms with van der Waals surface area (Å²) < 4.78 is 34.7. The van der Waals surface area contributed by atoms with Crippen LogP contribution in [0.1, 0.15) is 23.2 Å². The Bertz CT molecular complexity index is 1240. The SMILES string of the molecule is Cc1nn(-c2ccc(F)cc2)c(Oc2cccc(F)c2)c1CCC(=O)NCc1ccncc1. The first-order valence-electron chi connectivity index (χ1n) is 10.4. The van der Waals surface area contributed by atoms with E-state index in [9.17, 15) is 13.6 Å². The molecule has 0 aliphatic carbocycles. The average molecular weight is 448 g/mol. The number of ether oxygens (including phenoxy) is 1. The number of carbonyl (C=O) groups is 1. The molecule has 0 bridgehead atoms. The highest BCUT2D eigenvalue weighted by Crippen LogP contribution is 2.31. The number of aryl methyl sites for hydroxylation is 1. The highest BCUT2D eigenvalue weighted by Gasteiger charge is 2.20. The third-order valence-electron chi connectivity index (χ3n) is 5.06. The summed E-state index contributed by atoms with van der Waals surface area (Å²) in [5, 5.41) is 7.42. The van der Waals surface area contributed by atoms with Crippen molar-refractivity contribution >= 4 is 5.91 Å². The zero-order valence-corrected chi connectivity index (χ0v) is 18.0. The fourth-order valence-corrected chi connectivity index (χ4v) is 3.36. The van der Waals surface area contributed by atoms with E-state index in [4.69, 9.17) is 4.74 Å². The smallest absolute Gasteiger partial charge is 0.226 e. The molecular weight excluding hydrogens is 426 g/mol. The maximum atomic E-state index is 13.7. The van der Waals surface area contributed by atoms with Gasteiger partial charge >= 0.3 is 0 Å². The van der Waals surface area contributed by atoms with E-state index in [1.165, 1.54) is 28.9 Å². The van der Waals surface area contributed by atoms with Crippen LogP contribution >= 0.6 is 0 Å². The molecule has 8 heteroatoms. The van der Waals surface area contributed by atoms with Crippen LogP contribution in [0.2, 0.25) is 0 Å². The topological polar surface area (TPSA) is 69.0 Å². The molecule has 1 N–H and O–H groups in total. The van der Waals surface area contributed by atoms with Gasteiger partial charge in [-0.15, -0.1) is 0 Å². The number of nitrogens with zero attached hydrogens (tertiary/aromatic N) is 3. The fourth-order valence-electron chi connectivity index (χ4n) is 3.36. The van der Waals surface area contributed by atoms with E-state index in [0.717, 1.165) is 5.56 Å². The first-order valence-corrected chi connectivity index (χ1v) is 10.4. The van der Waals surface area contributed by atoms with Crippen molar-refractivity contribution in [3.05, 3.63) is 102 Å². The number of halogens is 2. The van der Waals surface area contributed by atoms with E-state index < -0.39 is 5.82 Å². The van der Waals surface area contributed by atoms with Crippen molar-refractivity contribution in [2.75, 3.05) is 0 Å². The number of benzene rings is 2. The molecule has 6 nitrogen and oxygen atoms in total. The van der Waals surface area contributed by atoms with Crippen molar-refractivity contribution in [3.63, 3.8) is 0 Å². The Morgan fingerprint density at radius 1 is 1.03 bits per heavy atom. The van der Waals surface area contributed by atoms with Gasteiger partial charge in [-0.25, -0.2) is 13.5 Å². The van der Waals surface area contributed by atoms with E-state index in [1.54, 1.807) is 36.7 Å². The Labute approximate surface area is 189 Å². The zero-order chi connectivity index (χ0) is 23.2. The van der Waals surface area contributed by atoms with Gasteiger partial charge in [0.05, 0.1) is 11.4 Å². The number of pyridine rings is 1. The average Bonchev–Trinajstić information content (AvgIpc) is 3.12. The Hall–Kier alpha value is -4.07. The fraction of sp³-hybridized carbons (Fsp3) is 0.160. The monoisotopic (exact) mass is 448 g/mol. The molecule has 2 aromatic heterocycles. The summed E-state index contributed by atoms with van der Waals surface area (Å²) in [6.45, 7) is 2.21.